The molecule has 0 saturated carbocycles. The summed E-state index contributed by atoms with van der Waals surface area (Å²) in [6.07, 6.45) is 2.77. The van der Waals surface area contributed by atoms with Gasteiger partial charge in [0.1, 0.15) is 11.5 Å². The molecule has 2 aliphatic rings. The number of nitrogens with one attached hydrogen (secondary N) is 2. The van der Waals surface area contributed by atoms with Crippen LogP contribution in [0.2, 0.25) is 0 Å². The first-order chi connectivity index (χ1) is 15.1. The van der Waals surface area contributed by atoms with Gasteiger partial charge in [-0.2, -0.15) is 5.10 Å². The number of thioether (sulfide) groups is 1. The summed E-state index contributed by atoms with van der Waals surface area (Å²) >= 11 is 1.24. The molecule has 1 unspecified atom stereocenters. The molecule has 2 heterocycles. The number of amides is 2. The maximum absolute atomic E-state index is 12.9. The van der Waals surface area contributed by atoms with Crippen LogP contribution in [0.15, 0.2) is 66.0 Å². The van der Waals surface area contributed by atoms with Crippen molar-refractivity contribution >= 4 is 40.1 Å². The number of carbonyl (C=O) groups excluding carboxylic acids is 2. The van der Waals surface area contributed by atoms with E-state index in [0.29, 0.717) is 28.0 Å². The van der Waals surface area contributed by atoms with Gasteiger partial charge in [-0.15, -0.1) is 0 Å². The molecule has 0 radical (unpaired) electrons. The molecule has 2 N–H and O–H groups in total. The maximum atomic E-state index is 12.9. The molecule has 2 aromatic rings. The van der Waals surface area contributed by atoms with Crippen molar-refractivity contribution in [1.29, 1.82) is 0 Å². The van der Waals surface area contributed by atoms with Crippen molar-refractivity contribution in [2.24, 2.45) is 5.10 Å². The fraction of sp³-hybridized carbons (Fsp3) is 0.190. The second kappa shape index (κ2) is 9.00. The Bertz CT molecular complexity index is 1040. The highest BCUT2D eigenvalue weighted by Gasteiger charge is 2.38. The second-order valence-electron chi connectivity index (χ2n) is 6.61. The molecule has 0 saturated heterocycles. The van der Waals surface area contributed by atoms with Crippen LogP contribution in [-0.4, -0.2) is 48.0 Å². The number of benzene rings is 2. The van der Waals surface area contributed by atoms with Crippen LogP contribution in [0.4, 0.5) is 11.4 Å². The number of rotatable bonds is 6. The van der Waals surface area contributed by atoms with Crippen LogP contribution >= 0.6 is 11.8 Å². The lowest BCUT2D eigenvalue weighted by Crippen LogP contribution is -2.52. The van der Waals surface area contributed by atoms with Crippen LogP contribution in [0, 0.1) is 0 Å². The second-order valence-corrected chi connectivity index (χ2v) is 7.55. The molecule has 0 spiro atoms. The van der Waals surface area contributed by atoms with Gasteiger partial charge in [-0.05, 0) is 36.4 Å². The zero-order valence-corrected chi connectivity index (χ0v) is 17.8. The van der Waals surface area contributed by atoms with Gasteiger partial charge < -0.3 is 14.8 Å². The van der Waals surface area contributed by atoms with E-state index < -0.39 is 6.17 Å². The van der Waals surface area contributed by atoms with E-state index >= 15 is 0 Å². The Balaban J connectivity index is 1.36. The third-order valence-corrected chi connectivity index (χ3v) is 5.63. The van der Waals surface area contributed by atoms with Gasteiger partial charge in [0.05, 0.1) is 25.7 Å². The summed E-state index contributed by atoms with van der Waals surface area (Å²) in [6, 6.07) is 14.3. The van der Waals surface area contributed by atoms with E-state index in [-0.39, 0.29) is 17.6 Å². The molecular weight excluding hydrogens is 418 g/mol. The lowest BCUT2D eigenvalue weighted by atomic mass is 10.2. The lowest BCUT2D eigenvalue weighted by molar-refractivity contribution is -0.122. The van der Waals surface area contributed by atoms with Crippen molar-refractivity contribution in [3.05, 3.63) is 60.9 Å². The number of nitrogens with zero attached hydrogens (tertiary/aromatic N) is 3. The van der Waals surface area contributed by atoms with Gasteiger partial charge in [0.2, 0.25) is 12.1 Å². The minimum atomic E-state index is -0.664. The SMILES string of the molecule is COc1ccc(NC(=O)CSC2=NNC3C(=O)N(c4cccc(OC)c4)C=CN23)cc1. The molecule has 4 rings (SSSR count). The first kappa shape index (κ1) is 20.6. The Hall–Kier alpha value is -3.66. The smallest absolute Gasteiger partial charge is 0.276 e. The van der Waals surface area contributed by atoms with Crippen LogP contribution in [0.5, 0.6) is 11.5 Å². The number of anilines is 2. The predicted molar refractivity (Wildman–Crippen MR) is 120 cm³/mol. The Morgan fingerprint density at radius 2 is 1.90 bits per heavy atom. The lowest BCUT2D eigenvalue weighted by Gasteiger charge is -2.32. The molecule has 2 aliphatic heterocycles. The van der Waals surface area contributed by atoms with Gasteiger partial charge >= 0.3 is 0 Å². The van der Waals surface area contributed by atoms with E-state index in [1.807, 2.05) is 18.2 Å². The van der Waals surface area contributed by atoms with Gasteiger partial charge in [0.15, 0.2) is 5.17 Å². The fourth-order valence-electron chi connectivity index (χ4n) is 3.10. The zero-order chi connectivity index (χ0) is 21.8. The average molecular weight is 439 g/mol. The summed E-state index contributed by atoms with van der Waals surface area (Å²) in [4.78, 5) is 28.5. The standard InChI is InChI=1S/C21H21N5O4S/c1-29-16-8-6-14(7-9-16)22-18(27)13-31-21-24-23-19-20(28)25(10-11-26(19)21)15-4-3-5-17(12-15)30-2/h3-12,19,23H,13H2,1-2H3,(H,22,27). The fourth-order valence-corrected chi connectivity index (χ4v) is 3.86. The van der Waals surface area contributed by atoms with Crippen LogP contribution in [0.1, 0.15) is 0 Å². The molecule has 31 heavy (non-hydrogen) atoms. The third kappa shape index (κ3) is 4.43. The first-order valence-electron chi connectivity index (χ1n) is 9.43. The predicted octanol–water partition coefficient (Wildman–Crippen LogP) is 2.40. The van der Waals surface area contributed by atoms with Crippen LogP contribution in [0.25, 0.3) is 0 Å². The van der Waals surface area contributed by atoms with Crippen molar-refractivity contribution in [1.82, 2.24) is 10.3 Å². The summed E-state index contributed by atoms with van der Waals surface area (Å²) in [6.45, 7) is 0. The van der Waals surface area contributed by atoms with Crippen molar-refractivity contribution in [3.8, 4) is 11.5 Å². The van der Waals surface area contributed by atoms with Crippen LogP contribution in [0.3, 0.4) is 0 Å². The Kier molecular flexibility index (Phi) is 5.99. The summed E-state index contributed by atoms with van der Waals surface area (Å²) in [5.41, 5.74) is 4.22. The van der Waals surface area contributed by atoms with Crippen molar-refractivity contribution in [2.75, 3.05) is 30.2 Å². The Labute approximate surface area is 183 Å². The molecule has 0 aliphatic carbocycles. The maximum Gasteiger partial charge on any atom is 0.276 e. The van der Waals surface area contributed by atoms with Crippen molar-refractivity contribution < 1.29 is 19.1 Å². The van der Waals surface area contributed by atoms with Crippen molar-refractivity contribution in [2.45, 2.75) is 6.17 Å². The Morgan fingerprint density at radius 1 is 1.13 bits per heavy atom. The normalized spacial score (nSPS) is 17.0. The molecule has 160 valence electrons. The molecular formula is C21H21N5O4S. The highest BCUT2D eigenvalue weighted by atomic mass is 32.2. The molecule has 10 heteroatoms. The molecule has 0 fully saturated rings. The minimum Gasteiger partial charge on any atom is -0.497 e. The largest absolute Gasteiger partial charge is 0.497 e. The van der Waals surface area contributed by atoms with E-state index in [1.165, 1.54) is 16.7 Å². The van der Waals surface area contributed by atoms with Gasteiger partial charge in [0.25, 0.3) is 5.91 Å². The van der Waals surface area contributed by atoms with E-state index in [1.54, 1.807) is 61.9 Å². The van der Waals surface area contributed by atoms with Gasteiger partial charge in [-0.1, -0.05) is 17.8 Å². The number of amidine groups is 1. The number of hydrogen-bond acceptors (Lipinski definition) is 8. The van der Waals surface area contributed by atoms with Gasteiger partial charge in [0, 0.05) is 24.2 Å². The number of hydrogen-bond donors (Lipinski definition) is 2. The summed E-state index contributed by atoms with van der Waals surface area (Å²) < 4.78 is 10.3. The van der Waals surface area contributed by atoms with E-state index in [2.05, 4.69) is 15.8 Å². The number of hydrazone groups is 1. The highest BCUT2D eigenvalue weighted by Crippen LogP contribution is 2.28. The summed E-state index contributed by atoms with van der Waals surface area (Å²) in [5.74, 6) is 1.17. The van der Waals surface area contributed by atoms with Gasteiger partial charge in [-0.25, -0.2) is 0 Å². The number of fused-ring (bicyclic) bond motifs is 1. The molecule has 0 bridgehead atoms. The number of carbonyl (C=O) groups is 2. The minimum absolute atomic E-state index is 0.150. The van der Waals surface area contributed by atoms with Crippen LogP contribution in [-0.2, 0) is 9.59 Å². The molecule has 9 nitrogen and oxygen atoms in total. The van der Waals surface area contributed by atoms with Crippen molar-refractivity contribution in [3.63, 3.8) is 0 Å². The molecule has 2 aromatic carbocycles. The average Bonchev–Trinajstić information content (AvgIpc) is 3.22. The number of ether oxygens (including phenoxy) is 2. The quantitative estimate of drug-likeness (QED) is 0.714. The number of methoxy groups -OCH3 is 2. The molecule has 1 atom stereocenters. The molecule has 0 aromatic heterocycles. The third-order valence-electron chi connectivity index (χ3n) is 4.67. The first-order valence-corrected chi connectivity index (χ1v) is 10.4. The van der Waals surface area contributed by atoms with Gasteiger partial charge in [-0.3, -0.25) is 24.8 Å². The molecule has 2 amide bonds. The van der Waals surface area contributed by atoms with E-state index in [0.717, 1.165) is 0 Å². The summed E-state index contributed by atoms with van der Waals surface area (Å²) in [7, 11) is 3.17. The van der Waals surface area contributed by atoms with E-state index in [9.17, 15) is 9.59 Å². The van der Waals surface area contributed by atoms with Crippen LogP contribution < -0.4 is 25.1 Å². The highest BCUT2D eigenvalue weighted by molar-refractivity contribution is 8.14. The Morgan fingerprint density at radius 3 is 2.65 bits per heavy atom. The topological polar surface area (TPSA) is 95.5 Å². The van der Waals surface area contributed by atoms with E-state index in [4.69, 9.17) is 9.47 Å². The summed E-state index contributed by atoms with van der Waals surface area (Å²) in [5, 5.41) is 7.60. The zero-order valence-electron chi connectivity index (χ0n) is 16.9. The monoisotopic (exact) mass is 439 g/mol.